The Morgan fingerprint density at radius 2 is 0.969 bits per heavy atom. The topological polar surface area (TPSA) is 210 Å². The molecule has 16 heteroatoms. The van der Waals surface area contributed by atoms with Gasteiger partial charge in [-0.2, -0.15) is 0 Å². The standard InChI is InChI=1S/C48H91N2O11P.2ClH/c1-3-5-7-9-11-13-15-17-19-21-23-25-27-29-31-36-46(52)57-41-44(42-60-62(55,56)59-40-43(51)39-58-48(54)45(50)35-33-34-38-49)61-47(53)37-32-30-28-26-24-22-20-18-16-14-12-10-8-6-4-2;;/h17-20,43-45,51H,3-16,21-42,49-50H2,1-2H3,(H,55,56);2*1H/b19-17-,20-18-;;/t43?,44-,45+;;/m1../s1. The average Bonchev–Trinajstić information content (AvgIpc) is 3.25. The summed E-state index contributed by atoms with van der Waals surface area (Å²) in [4.78, 5) is 47.8. The molecule has 0 spiro atoms. The number of aliphatic hydroxyl groups excluding tert-OH is 1. The molecule has 64 heavy (non-hydrogen) atoms. The van der Waals surface area contributed by atoms with Crippen molar-refractivity contribution in [1.29, 1.82) is 0 Å². The first-order valence-electron chi connectivity index (χ1n) is 24.8. The number of esters is 3. The Labute approximate surface area is 401 Å². The molecule has 0 aliphatic heterocycles. The molecule has 0 fully saturated rings. The normalized spacial score (nSPS) is 13.8. The predicted octanol–water partition coefficient (Wildman–Crippen LogP) is 3.58. The summed E-state index contributed by atoms with van der Waals surface area (Å²) in [6, 6.07) is -0.602. The zero-order chi connectivity index (χ0) is 45.8. The van der Waals surface area contributed by atoms with E-state index in [1.807, 2.05) is 0 Å². The Morgan fingerprint density at radius 1 is 0.547 bits per heavy atom. The molecule has 0 saturated heterocycles. The maximum absolute atomic E-state index is 12.8. The summed E-state index contributed by atoms with van der Waals surface area (Å²) in [6.07, 6.45) is 38.8. The van der Waals surface area contributed by atoms with Crippen LogP contribution in [0.5, 0.6) is 0 Å². The van der Waals surface area contributed by atoms with Crippen LogP contribution in [0.3, 0.4) is 0 Å². The van der Waals surface area contributed by atoms with Crippen molar-refractivity contribution in [2.75, 3.05) is 33.0 Å². The van der Waals surface area contributed by atoms with Crippen LogP contribution in [-0.2, 0) is 42.2 Å². The smallest absolute Gasteiger partial charge is 0.472 e. The molecule has 0 rings (SSSR count). The van der Waals surface area contributed by atoms with Crippen molar-refractivity contribution >= 4 is 25.7 Å². The van der Waals surface area contributed by atoms with Crippen molar-refractivity contribution in [1.82, 2.24) is 0 Å². The van der Waals surface area contributed by atoms with Gasteiger partial charge in [-0.1, -0.05) is 141 Å². The molecule has 0 aliphatic carbocycles. The summed E-state index contributed by atoms with van der Waals surface area (Å²) in [5, 5.41) is 10.2. The predicted molar refractivity (Wildman–Crippen MR) is 247 cm³/mol. The minimum Gasteiger partial charge on any atom is -1.00 e. The summed E-state index contributed by atoms with van der Waals surface area (Å²) < 4.78 is 38.7. The van der Waals surface area contributed by atoms with Gasteiger partial charge in [0, 0.05) is 19.3 Å². The number of hydrogen-bond acceptors (Lipinski definition) is 10. The van der Waals surface area contributed by atoms with E-state index in [4.69, 9.17) is 23.3 Å². The highest BCUT2D eigenvalue weighted by molar-refractivity contribution is 7.47. The molecule has 380 valence electrons. The van der Waals surface area contributed by atoms with Gasteiger partial charge in [0.2, 0.25) is 0 Å². The molecule has 4 atom stereocenters. The third-order valence-corrected chi connectivity index (χ3v) is 11.6. The lowest BCUT2D eigenvalue weighted by molar-refractivity contribution is -0.410. The highest BCUT2D eigenvalue weighted by Gasteiger charge is 2.28. The minimum absolute atomic E-state index is 0. The second kappa shape index (κ2) is 49.4. The number of allylic oxidation sites excluding steroid dienone is 4. The Morgan fingerprint density at radius 3 is 1.44 bits per heavy atom. The highest BCUT2D eigenvalue weighted by atomic mass is 35.5. The first kappa shape index (κ1) is 66.7. The first-order chi connectivity index (χ1) is 30.0. The summed E-state index contributed by atoms with van der Waals surface area (Å²) in [5.74, 6) is -1.56. The molecular formula is C48H93Cl2N2O11P. The number of halogens is 2. The second-order valence-electron chi connectivity index (χ2n) is 16.9. The third kappa shape index (κ3) is 47.0. The Bertz CT molecular complexity index is 1180. The molecule has 13 nitrogen and oxygen atoms in total. The molecule has 0 amide bonds. The van der Waals surface area contributed by atoms with Gasteiger partial charge in [-0.15, -0.1) is 0 Å². The van der Waals surface area contributed by atoms with Gasteiger partial charge in [0.15, 0.2) is 12.1 Å². The van der Waals surface area contributed by atoms with Crippen LogP contribution >= 0.6 is 7.82 Å². The van der Waals surface area contributed by atoms with Gasteiger partial charge in [0.1, 0.15) is 19.3 Å². The van der Waals surface area contributed by atoms with Crippen LogP contribution in [0.4, 0.5) is 0 Å². The molecule has 0 aromatic carbocycles. The number of unbranched alkanes of at least 4 members (excludes halogenated alkanes) is 23. The molecule has 2 unspecified atom stereocenters. The molecule has 0 aromatic rings. The Kier molecular flexibility index (Phi) is 51.5. The number of ether oxygens (including phenoxy) is 3. The van der Waals surface area contributed by atoms with Crippen molar-refractivity contribution < 1.29 is 88.5 Å². The SMILES string of the molecule is CCCCCCCC/C=C\CCCCCCCC(=O)OC[C@H](COP(=O)(O)OCC(O)COC(=O)[C@@H]([NH3+])CCCC[NH3+])OC(=O)CCCCCCC/C=C\CCCCCCCC.[Cl-].[Cl-]. The van der Waals surface area contributed by atoms with E-state index in [1.165, 1.54) is 77.0 Å². The van der Waals surface area contributed by atoms with E-state index < -0.39 is 63.8 Å². The van der Waals surface area contributed by atoms with Crippen LogP contribution in [0.2, 0.25) is 0 Å². The van der Waals surface area contributed by atoms with Crippen molar-refractivity contribution in [3.05, 3.63) is 24.3 Å². The van der Waals surface area contributed by atoms with Crippen LogP contribution in [0.1, 0.15) is 213 Å². The van der Waals surface area contributed by atoms with Crippen molar-refractivity contribution in [3.8, 4) is 0 Å². The maximum Gasteiger partial charge on any atom is 0.472 e. The third-order valence-electron chi connectivity index (χ3n) is 10.7. The lowest BCUT2D eigenvalue weighted by Crippen LogP contribution is -3.00. The Hall–Kier alpha value is -1.54. The molecule has 0 bridgehead atoms. The van der Waals surface area contributed by atoms with Gasteiger partial charge in [-0.25, -0.2) is 9.36 Å². The van der Waals surface area contributed by atoms with Gasteiger partial charge in [-0.05, 0) is 77.0 Å². The molecule has 8 N–H and O–H groups in total. The molecule has 0 heterocycles. The van der Waals surface area contributed by atoms with Crippen LogP contribution < -0.4 is 36.3 Å². The highest BCUT2D eigenvalue weighted by Crippen LogP contribution is 2.43. The fourth-order valence-corrected chi connectivity index (χ4v) is 7.51. The van der Waals surface area contributed by atoms with E-state index in [2.05, 4.69) is 49.6 Å². The van der Waals surface area contributed by atoms with Crippen LogP contribution in [0, 0.1) is 0 Å². The van der Waals surface area contributed by atoms with Crippen molar-refractivity contribution in [2.24, 2.45) is 0 Å². The average molecular weight is 976 g/mol. The lowest BCUT2D eigenvalue weighted by atomic mass is 10.1. The monoisotopic (exact) mass is 975 g/mol. The van der Waals surface area contributed by atoms with E-state index in [0.29, 0.717) is 19.3 Å². The zero-order valence-corrected chi connectivity index (χ0v) is 42.6. The van der Waals surface area contributed by atoms with Crippen LogP contribution in [0.25, 0.3) is 0 Å². The molecule has 0 saturated carbocycles. The molecule has 0 aliphatic rings. The van der Waals surface area contributed by atoms with Gasteiger partial charge in [0.25, 0.3) is 0 Å². The first-order valence-corrected chi connectivity index (χ1v) is 26.3. The number of phosphoric acid groups is 1. The van der Waals surface area contributed by atoms with E-state index in [9.17, 15) is 28.9 Å². The number of rotatable bonds is 46. The summed E-state index contributed by atoms with van der Waals surface area (Å²) in [5.41, 5.74) is 7.54. The van der Waals surface area contributed by atoms with E-state index in [-0.39, 0.29) is 44.3 Å². The minimum atomic E-state index is -4.74. The summed E-state index contributed by atoms with van der Waals surface area (Å²) >= 11 is 0. The lowest BCUT2D eigenvalue weighted by Gasteiger charge is -2.20. The summed E-state index contributed by atoms with van der Waals surface area (Å²) in [7, 11) is -4.74. The van der Waals surface area contributed by atoms with Crippen molar-refractivity contribution in [3.63, 3.8) is 0 Å². The number of quaternary nitrogens is 2. The number of carbonyl (C=O) groups excluding carboxylic acids is 3. The zero-order valence-electron chi connectivity index (χ0n) is 40.2. The second-order valence-corrected chi connectivity index (χ2v) is 18.3. The maximum atomic E-state index is 12.8. The van der Waals surface area contributed by atoms with E-state index >= 15 is 0 Å². The number of phosphoric ester groups is 1. The van der Waals surface area contributed by atoms with E-state index in [1.54, 1.807) is 0 Å². The van der Waals surface area contributed by atoms with Crippen molar-refractivity contribution in [2.45, 2.75) is 231 Å². The van der Waals surface area contributed by atoms with Crippen LogP contribution in [0.15, 0.2) is 24.3 Å². The molecule has 0 radical (unpaired) electrons. The largest absolute Gasteiger partial charge is 1.00 e. The quantitative estimate of drug-likeness (QED) is 0.0228. The molecular weight excluding hydrogens is 882 g/mol. The number of carbonyl (C=O) groups is 3. The van der Waals surface area contributed by atoms with Gasteiger partial charge in [0.05, 0.1) is 19.8 Å². The fraction of sp³-hybridized carbons (Fsp3) is 0.854. The van der Waals surface area contributed by atoms with Gasteiger partial charge < -0.3 is 60.5 Å². The number of hydrogen-bond donors (Lipinski definition) is 4. The van der Waals surface area contributed by atoms with Gasteiger partial charge in [-0.3, -0.25) is 18.6 Å². The Balaban J connectivity index is -0.0000186. The number of aliphatic hydroxyl groups is 1. The van der Waals surface area contributed by atoms with E-state index in [0.717, 1.165) is 96.4 Å². The molecule has 0 aromatic heterocycles. The summed E-state index contributed by atoms with van der Waals surface area (Å²) in [6.45, 7) is 3.20. The fourth-order valence-electron chi connectivity index (χ4n) is 6.72. The van der Waals surface area contributed by atoms with Gasteiger partial charge >= 0.3 is 25.7 Å². The van der Waals surface area contributed by atoms with Crippen LogP contribution in [-0.4, -0.2) is 79.1 Å².